The Morgan fingerprint density at radius 2 is 1.88 bits per heavy atom. The second kappa shape index (κ2) is 13.0. The molecule has 0 radical (unpaired) electrons. The fourth-order valence-electron chi connectivity index (χ4n) is 3.85. The summed E-state index contributed by atoms with van der Waals surface area (Å²) < 4.78 is 5.89. The molecule has 0 fully saturated rings. The molecule has 5 nitrogen and oxygen atoms in total. The molecular formula is C27H39N3O2. The van der Waals surface area contributed by atoms with Crippen LogP contribution in [-0.2, 0) is 11.2 Å². The monoisotopic (exact) mass is 437 g/mol. The molecular weight excluding hydrogens is 398 g/mol. The number of benzene rings is 2. The molecule has 0 saturated heterocycles. The van der Waals surface area contributed by atoms with Crippen molar-refractivity contribution in [3.63, 3.8) is 0 Å². The van der Waals surface area contributed by atoms with Crippen molar-refractivity contribution < 1.29 is 9.53 Å². The van der Waals surface area contributed by atoms with Gasteiger partial charge in [-0.1, -0.05) is 31.2 Å². The summed E-state index contributed by atoms with van der Waals surface area (Å²) >= 11 is 0. The molecule has 1 heterocycles. The molecule has 32 heavy (non-hydrogen) atoms. The number of nitrogens with two attached hydrogens (primary N) is 1. The van der Waals surface area contributed by atoms with E-state index in [4.69, 9.17) is 15.3 Å². The molecule has 2 aromatic carbocycles. The average Bonchev–Trinajstić information content (AvgIpc) is 2.78. The van der Waals surface area contributed by atoms with Crippen molar-refractivity contribution in [3.05, 3.63) is 65.2 Å². The van der Waals surface area contributed by atoms with Crippen molar-refractivity contribution >= 4 is 17.5 Å². The largest absolute Gasteiger partial charge is 0.494 e. The molecule has 0 spiro atoms. The third kappa shape index (κ3) is 7.50. The summed E-state index contributed by atoms with van der Waals surface area (Å²) in [4.78, 5) is 13.4. The van der Waals surface area contributed by atoms with E-state index in [0.29, 0.717) is 0 Å². The molecule has 1 aliphatic rings. The third-order valence-corrected chi connectivity index (χ3v) is 5.68. The summed E-state index contributed by atoms with van der Waals surface area (Å²) in [5.74, 6) is 0.940. The molecule has 2 N–H and O–H groups in total. The quantitative estimate of drug-likeness (QED) is 0.364. The van der Waals surface area contributed by atoms with Crippen LogP contribution in [0.2, 0.25) is 0 Å². The van der Waals surface area contributed by atoms with Crippen LogP contribution < -0.4 is 10.5 Å². The highest BCUT2D eigenvalue weighted by molar-refractivity contribution is 5.76. The van der Waals surface area contributed by atoms with Crippen molar-refractivity contribution in [3.8, 4) is 5.75 Å². The Balaban J connectivity index is 0.00000114. The number of carbonyl (C=O) groups is 1. The minimum Gasteiger partial charge on any atom is -0.494 e. The second-order valence-electron chi connectivity index (χ2n) is 8.45. The molecule has 5 heteroatoms. The van der Waals surface area contributed by atoms with Crippen LogP contribution in [-0.4, -0.2) is 56.9 Å². The highest BCUT2D eigenvalue weighted by Crippen LogP contribution is 2.35. The van der Waals surface area contributed by atoms with E-state index in [1.54, 1.807) is 0 Å². The summed E-state index contributed by atoms with van der Waals surface area (Å²) in [6, 6.07) is 15.2. The standard InChI is InChI=1S/C25H35N3O.C2H4O/c1-5-19-7-12-24(26)23(17-19)21-13-15-28(4)25(18-21)20-8-10-22(11-9-20)29-16-6-14-27(2)3;1-2-3/h7-12,17-18,25H,5-6,13-16,26H2,1-4H3;2H,1H3. The van der Waals surface area contributed by atoms with E-state index >= 15 is 0 Å². The Kier molecular flexibility index (Phi) is 10.4. The van der Waals surface area contributed by atoms with Crippen LogP contribution in [0.5, 0.6) is 5.75 Å². The molecule has 1 atom stereocenters. The average molecular weight is 438 g/mol. The zero-order chi connectivity index (χ0) is 23.5. The maximum absolute atomic E-state index is 8.81. The van der Waals surface area contributed by atoms with Gasteiger partial charge in [-0.3, -0.25) is 4.90 Å². The summed E-state index contributed by atoms with van der Waals surface area (Å²) in [6.45, 7) is 6.44. The van der Waals surface area contributed by atoms with Crippen LogP contribution in [0.3, 0.4) is 0 Å². The number of aryl methyl sites for hydroxylation is 1. The maximum Gasteiger partial charge on any atom is 0.119 e. The first-order valence-electron chi connectivity index (χ1n) is 11.5. The lowest BCUT2D eigenvalue weighted by molar-refractivity contribution is -0.106. The Morgan fingerprint density at radius 3 is 2.50 bits per heavy atom. The zero-order valence-electron chi connectivity index (χ0n) is 20.3. The first kappa shape index (κ1) is 25.6. The minimum absolute atomic E-state index is 0.256. The number of carbonyl (C=O) groups excluding carboxylic acids is 1. The predicted molar refractivity (Wildman–Crippen MR) is 135 cm³/mol. The molecule has 0 aromatic heterocycles. The van der Waals surface area contributed by atoms with Crippen molar-refractivity contribution in [1.29, 1.82) is 0 Å². The van der Waals surface area contributed by atoms with Crippen LogP contribution in [0.15, 0.2) is 48.5 Å². The lowest BCUT2D eigenvalue weighted by atomic mass is 9.91. The number of likely N-dealkylation sites (N-methyl/N-ethyl adjacent to an activating group) is 1. The Morgan fingerprint density at radius 1 is 1.19 bits per heavy atom. The van der Waals surface area contributed by atoms with Crippen LogP contribution in [0.4, 0.5) is 5.69 Å². The summed E-state index contributed by atoms with van der Waals surface area (Å²) in [7, 11) is 6.36. The van der Waals surface area contributed by atoms with E-state index in [9.17, 15) is 0 Å². The van der Waals surface area contributed by atoms with Crippen molar-refractivity contribution in [2.75, 3.05) is 46.6 Å². The molecule has 3 rings (SSSR count). The number of aldehydes is 1. The fourth-order valence-corrected chi connectivity index (χ4v) is 3.85. The molecule has 2 aromatic rings. The molecule has 1 aliphatic heterocycles. The van der Waals surface area contributed by atoms with Crippen LogP contribution in [0.1, 0.15) is 49.4 Å². The van der Waals surface area contributed by atoms with Crippen molar-refractivity contribution in [2.24, 2.45) is 0 Å². The van der Waals surface area contributed by atoms with Crippen LogP contribution in [0.25, 0.3) is 5.57 Å². The fraction of sp³-hybridized carbons (Fsp3) is 0.444. The molecule has 174 valence electrons. The summed E-state index contributed by atoms with van der Waals surface area (Å²) in [6.07, 6.45) is 6.21. The zero-order valence-corrected chi connectivity index (χ0v) is 20.3. The lowest BCUT2D eigenvalue weighted by Gasteiger charge is -2.32. The van der Waals surface area contributed by atoms with Crippen LogP contribution >= 0.6 is 0 Å². The maximum atomic E-state index is 8.81. The third-order valence-electron chi connectivity index (χ3n) is 5.68. The SMILES string of the molecule is CC=O.CCc1ccc(N)c(C2=CC(c3ccc(OCCCN(C)C)cc3)N(C)CC2)c1. The van der Waals surface area contributed by atoms with Gasteiger partial charge in [-0.25, -0.2) is 0 Å². The number of nitrogens with zero attached hydrogens (tertiary/aromatic N) is 2. The lowest BCUT2D eigenvalue weighted by Crippen LogP contribution is -2.28. The number of rotatable bonds is 8. The molecule has 0 saturated carbocycles. The Labute approximate surface area is 193 Å². The highest BCUT2D eigenvalue weighted by Gasteiger charge is 2.22. The number of hydrogen-bond acceptors (Lipinski definition) is 5. The van der Waals surface area contributed by atoms with E-state index in [0.717, 1.165) is 56.7 Å². The van der Waals surface area contributed by atoms with Gasteiger partial charge in [0.05, 0.1) is 12.6 Å². The normalized spacial score (nSPS) is 16.2. The predicted octanol–water partition coefficient (Wildman–Crippen LogP) is 4.83. The molecule has 0 bridgehead atoms. The smallest absolute Gasteiger partial charge is 0.119 e. The Bertz CT molecular complexity index is 875. The highest BCUT2D eigenvalue weighted by atomic mass is 16.5. The molecule has 0 aliphatic carbocycles. The number of hydrogen-bond donors (Lipinski definition) is 1. The number of nitrogen functional groups attached to an aromatic ring is 1. The van der Waals surface area contributed by atoms with E-state index in [-0.39, 0.29) is 6.04 Å². The minimum atomic E-state index is 0.256. The van der Waals surface area contributed by atoms with Gasteiger partial charge in [-0.2, -0.15) is 0 Å². The second-order valence-corrected chi connectivity index (χ2v) is 8.45. The summed E-state index contributed by atoms with van der Waals surface area (Å²) in [5, 5.41) is 0. The summed E-state index contributed by atoms with van der Waals surface area (Å²) in [5.41, 5.74) is 12.4. The van der Waals surface area contributed by atoms with Gasteiger partial charge in [0.25, 0.3) is 0 Å². The van der Waals surface area contributed by atoms with E-state index in [1.165, 1.54) is 29.2 Å². The van der Waals surface area contributed by atoms with Crippen molar-refractivity contribution in [1.82, 2.24) is 9.80 Å². The number of ether oxygens (including phenoxy) is 1. The van der Waals surface area contributed by atoms with Gasteiger partial charge >= 0.3 is 0 Å². The Hall–Kier alpha value is -2.63. The van der Waals surface area contributed by atoms with E-state index in [2.05, 4.69) is 80.3 Å². The molecule has 0 amide bonds. The van der Waals surface area contributed by atoms with Gasteiger partial charge in [0.2, 0.25) is 0 Å². The van der Waals surface area contributed by atoms with Gasteiger partial charge in [0, 0.05) is 24.3 Å². The van der Waals surface area contributed by atoms with Gasteiger partial charge in [0.15, 0.2) is 0 Å². The van der Waals surface area contributed by atoms with Gasteiger partial charge in [-0.05, 0) is 88.3 Å². The first-order chi connectivity index (χ1) is 15.4. The topological polar surface area (TPSA) is 58.8 Å². The van der Waals surface area contributed by atoms with E-state index in [1.807, 2.05) is 6.07 Å². The van der Waals surface area contributed by atoms with Gasteiger partial charge in [-0.15, -0.1) is 0 Å². The van der Waals surface area contributed by atoms with Crippen LogP contribution in [0, 0.1) is 0 Å². The van der Waals surface area contributed by atoms with E-state index < -0.39 is 0 Å². The molecule has 1 unspecified atom stereocenters. The van der Waals surface area contributed by atoms with Gasteiger partial charge < -0.3 is 20.2 Å². The van der Waals surface area contributed by atoms with Gasteiger partial charge in [0.1, 0.15) is 12.0 Å². The van der Waals surface area contributed by atoms with Crippen molar-refractivity contribution in [2.45, 2.75) is 39.2 Å². The number of anilines is 1. The first-order valence-corrected chi connectivity index (χ1v) is 11.5.